The number of H-pyrrole nitrogens is 1. The fourth-order valence-corrected chi connectivity index (χ4v) is 9.79. The zero-order valence-corrected chi connectivity index (χ0v) is 29.9. The molecular weight excluding hydrogens is 798 g/mol. The van der Waals surface area contributed by atoms with Gasteiger partial charge >= 0.3 is 18.3 Å². The normalized spacial score (nSPS) is 18.3. The van der Waals surface area contributed by atoms with Crippen LogP contribution in [0, 0.1) is 0 Å². The number of imidazole rings is 1. The van der Waals surface area contributed by atoms with E-state index < -0.39 is 83.2 Å². The number of amides is 1. The number of aromatic amines is 1. The first-order chi connectivity index (χ1) is 23.4. The molecule has 1 aromatic heterocycles. The van der Waals surface area contributed by atoms with E-state index in [-0.39, 0.29) is 33.9 Å². The van der Waals surface area contributed by atoms with Crippen molar-refractivity contribution in [3.63, 3.8) is 0 Å². The summed E-state index contributed by atoms with van der Waals surface area (Å²) in [6.45, 7) is 4.89. The molecule has 1 unspecified atom stereocenters. The van der Waals surface area contributed by atoms with Crippen molar-refractivity contribution in [3.05, 3.63) is 93.7 Å². The second-order valence-corrected chi connectivity index (χ2v) is 17.2. The molecule has 3 N–H and O–H groups in total. The fourth-order valence-electron chi connectivity index (χ4n) is 5.60. The minimum Gasteiger partial charge on any atom is -0.344 e. The first kappa shape index (κ1) is 38.5. The second kappa shape index (κ2) is 13.4. The van der Waals surface area contributed by atoms with Crippen molar-refractivity contribution in [3.8, 4) is 0 Å². The highest BCUT2D eigenvalue weighted by Gasteiger charge is 2.50. The van der Waals surface area contributed by atoms with Gasteiger partial charge in [-0.3, -0.25) is 13.9 Å². The number of alkyl halides is 6. The molecule has 4 aromatic rings. The summed E-state index contributed by atoms with van der Waals surface area (Å²) < 4.78 is 132. The summed E-state index contributed by atoms with van der Waals surface area (Å²) in [6.07, 6.45) is -11.6. The maximum atomic E-state index is 14.0. The van der Waals surface area contributed by atoms with Crippen molar-refractivity contribution in [1.82, 2.24) is 18.7 Å². The van der Waals surface area contributed by atoms with Crippen molar-refractivity contribution in [2.75, 3.05) is 0 Å². The number of hydrogen-bond acceptors (Lipinski definition) is 8. The minimum atomic E-state index is -5.73. The Bertz CT molecular complexity index is 2050. The van der Waals surface area contributed by atoms with Crippen LogP contribution >= 0.6 is 26.7 Å². The van der Waals surface area contributed by atoms with Crippen molar-refractivity contribution < 1.29 is 58.3 Å². The van der Waals surface area contributed by atoms with Gasteiger partial charge in [-0.2, -0.15) is 26.3 Å². The van der Waals surface area contributed by atoms with E-state index in [1.54, 1.807) is 32.9 Å². The number of halogens is 7. The highest BCUT2D eigenvalue weighted by Crippen LogP contribution is 2.65. The van der Waals surface area contributed by atoms with Crippen LogP contribution in [0.5, 0.6) is 0 Å². The average Bonchev–Trinajstić information content (AvgIpc) is 3.54. The SMILES string of the molecule is CC(C)(C)N1C(=O)CC(c2ccc(C[C@@H](c3nc4ccccc4[nH]3)N(OC(=O)C(F)(F)F)S(=O)(=O)c3ccc(Br)c(C(F)(F)F)c3)cc2)S1(O)O. The summed E-state index contributed by atoms with van der Waals surface area (Å²) in [5.74, 6) is -3.81. The standard InChI is InChI=1S/C31H29BrF6N4O7S2/c1-29(2,3)41-26(43)16-25(51(41,47)48)18-10-8-17(9-11-18)14-24(27-39-22-6-4-5-7-23(22)40-27)42(49-28(44)31(36,37)38)50(45,46)19-12-13-21(32)20(15-19)30(33,34)35/h4-13,15,24-25,47-48H,14,16H2,1-3H3,(H,39,40)/t24-,25?/m0/s1. The Morgan fingerprint density at radius 2 is 1.69 bits per heavy atom. The number of rotatable bonds is 8. The number of sulfonamides is 1. The highest BCUT2D eigenvalue weighted by atomic mass is 79.9. The quantitative estimate of drug-likeness (QED) is 0.119. The third kappa shape index (κ3) is 7.75. The molecule has 1 aliphatic heterocycles. The van der Waals surface area contributed by atoms with Gasteiger partial charge in [-0.05, 0) is 73.1 Å². The van der Waals surface area contributed by atoms with Crippen LogP contribution in [0.15, 0.2) is 76.1 Å². The molecule has 0 spiro atoms. The third-order valence-electron chi connectivity index (χ3n) is 7.79. The maximum Gasteiger partial charge on any atom is 0.492 e. The lowest BCUT2D eigenvalue weighted by atomic mass is 10.0. The number of hydroxylamine groups is 1. The number of carbonyl (C=O) groups is 2. The summed E-state index contributed by atoms with van der Waals surface area (Å²) in [7, 11) is -9.18. The summed E-state index contributed by atoms with van der Waals surface area (Å²) >= 11 is 2.69. The van der Waals surface area contributed by atoms with Crippen molar-refractivity contribution in [2.45, 2.75) is 67.7 Å². The van der Waals surface area contributed by atoms with Crippen LogP contribution in [0.3, 0.4) is 0 Å². The van der Waals surface area contributed by atoms with Gasteiger partial charge in [-0.1, -0.05) is 52.3 Å². The molecule has 20 heteroatoms. The van der Waals surface area contributed by atoms with Crippen molar-refractivity contribution >= 4 is 59.6 Å². The number of benzene rings is 3. The van der Waals surface area contributed by atoms with Gasteiger partial charge < -0.3 is 9.82 Å². The molecule has 0 radical (unpaired) electrons. The predicted octanol–water partition coefficient (Wildman–Crippen LogP) is 8.08. The number of fused-ring (bicyclic) bond motifs is 1. The molecule has 1 saturated heterocycles. The van der Waals surface area contributed by atoms with E-state index in [1.807, 2.05) is 0 Å². The monoisotopic (exact) mass is 826 g/mol. The Balaban J connectivity index is 1.62. The van der Waals surface area contributed by atoms with Gasteiger partial charge in [0.15, 0.2) is 0 Å². The predicted molar refractivity (Wildman–Crippen MR) is 176 cm³/mol. The van der Waals surface area contributed by atoms with Gasteiger partial charge in [-0.15, -0.1) is 10.8 Å². The van der Waals surface area contributed by atoms with E-state index in [9.17, 15) is 53.5 Å². The lowest BCUT2D eigenvalue weighted by Gasteiger charge is -2.47. The number of hydrogen-bond donors (Lipinski definition) is 3. The molecule has 0 bridgehead atoms. The van der Waals surface area contributed by atoms with E-state index in [2.05, 4.69) is 30.7 Å². The number of para-hydroxylation sites is 2. The average molecular weight is 828 g/mol. The Morgan fingerprint density at radius 3 is 2.24 bits per heavy atom. The summed E-state index contributed by atoms with van der Waals surface area (Å²) in [4.78, 5) is 35.4. The zero-order chi connectivity index (χ0) is 37.9. The van der Waals surface area contributed by atoms with Crippen LogP contribution in [-0.2, 0) is 37.0 Å². The van der Waals surface area contributed by atoms with Crippen molar-refractivity contribution in [1.29, 1.82) is 0 Å². The topological polar surface area (TPSA) is 153 Å². The first-order valence-electron chi connectivity index (χ1n) is 14.8. The molecule has 5 rings (SSSR count). The number of carbonyl (C=O) groups excluding carboxylic acids is 2. The van der Waals surface area contributed by atoms with E-state index >= 15 is 0 Å². The van der Waals surface area contributed by atoms with Crippen LogP contribution in [-0.4, -0.2) is 59.9 Å². The Hall–Kier alpha value is -3.69. The summed E-state index contributed by atoms with van der Waals surface area (Å²) in [5.41, 5.74) is -1.37. The van der Waals surface area contributed by atoms with Gasteiger partial charge in [-0.25, -0.2) is 22.5 Å². The fraction of sp³-hybridized carbons (Fsp3) is 0.323. The largest absolute Gasteiger partial charge is 0.492 e. The van der Waals surface area contributed by atoms with Crippen molar-refractivity contribution in [2.24, 2.45) is 0 Å². The lowest BCUT2D eigenvalue weighted by molar-refractivity contribution is -0.227. The smallest absolute Gasteiger partial charge is 0.344 e. The molecule has 1 amide bonds. The summed E-state index contributed by atoms with van der Waals surface area (Å²) in [6, 6.07) is 11.4. The Kier molecular flexibility index (Phi) is 10.1. The number of nitrogens with zero attached hydrogens (tertiary/aromatic N) is 3. The maximum absolute atomic E-state index is 14.0. The highest BCUT2D eigenvalue weighted by molar-refractivity contribution is 9.10. The molecule has 1 aliphatic rings. The summed E-state index contributed by atoms with van der Waals surface area (Å²) in [5, 5.41) is -1.05. The molecule has 0 aliphatic carbocycles. The minimum absolute atomic E-state index is 0.181. The molecule has 2 heterocycles. The van der Waals surface area contributed by atoms with E-state index in [1.165, 1.54) is 36.4 Å². The molecule has 3 aromatic carbocycles. The van der Waals surface area contributed by atoms with Gasteiger partial charge in [0.1, 0.15) is 17.1 Å². The van der Waals surface area contributed by atoms with Gasteiger partial charge in [0.05, 0.1) is 33.5 Å². The van der Waals surface area contributed by atoms with E-state index in [4.69, 9.17) is 0 Å². The molecular formula is C31H29BrF6N4O7S2. The molecule has 11 nitrogen and oxygen atoms in total. The van der Waals surface area contributed by atoms with Gasteiger partial charge in [0.2, 0.25) is 5.91 Å². The Morgan fingerprint density at radius 1 is 1.06 bits per heavy atom. The van der Waals surface area contributed by atoms with Gasteiger partial charge in [0.25, 0.3) is 10.0 Å². The van der Waals surface area contributed by atoms with Gasteiger partial charge in [0, 0.05) is 4.47 Å². The number of aromatic nitrogens is 2. The first-order valence-corrected chi connectivity index (χ1v) is 18.6. The van der Waals surface area contributed by atoms with Crippen LogP contribution < -0.4 is 0 Å². The molecule has 2 atom stereocenters. The molecule has 0 saturated carbocycles. The van der Waals surface area contributed by atoms with E-state index in [0.717, 1.165) is 10.4 Å². The molecule has 276 valence electrons. The van der Waals surface area contributed by atoms with E-state index in [0.29, 0.717) is 17.1 Å². The van der Waals surface area contributed by atoms with Crippen LogP contribution in [0.25, 0.3) is 11.0 Å². The van der Waals surface area contributed by atoms with Crippen LogP contribution in [0.4, 0.5) is 26.3 Å². The molecule has 1 fully saturated rings. The lowest BCUT2D eigenvalue weighted by Crippen LogP contribution is -2.43. The third-order valence-corrected chi connectivity index (χ3v) is 12.6. The van der Waals surface area contributed by atoms with Crippen LogP contribution in [0.2, 0.25) is 0 Å². The molecule has 51 heavy (non-hydrogen) atoms. The zero-order valence-electron chi connectivity index (χ0n) is 26.7. The number of nitrogens with one attached hydrogen (secondary N) is 1. The van der Waals surface area contributed by atoms with Crippen LogP contribution in [0.1, 0.15) is 61.0 Å². The Labute approximate surface area is 297 Å². The second-order valence-electron chi connectivity index (χ2n) is 12.5.